The fraction of sp³-hybridized carbons (Fsp3) is 0.135. The van der Waals surface area contributed by atoms with E-state index in [2.05, 4.69) is 121 Å². The van der Waals surface area contributed by atoms with Crippen molar-refractivity contribution in [1.82, 2.24) is 0 Å². The SMILES string of the molecule is c1ccc(-c2cc3ccccc3c3c2op(C2CCCOC2)oc2c(-c4ccccc4)cc4ccccc4c23)cc1. The number of rotatable bonds is 3. The van der Waals surface area contributed by atoms with Crippen molar-refractivity contribution in [3.8, 4) is 22.3 Å². The molecule has 200 valence electrons. The van der Waals surface area contributed by atoms with Crippen LogP contribution < -0.4 is 0 Å². The molecule has 0 saturated carbocycles. The maximum atomic E-state index is 7.17. The van der Waals surface area contributed by atoms with Gasteiger partial charge in [0.15, 0.2) is 11.2 Å². The molecule has 1 atom stereocenters. The highest BCUT2D eigenvalue weighted by Crippen LogP contribution is 2.52. The van der Waals surface area contributed by atoms with Crippen LogP contribution in [0.15, 0.2) is 130 Å². The molecule has 7 aromatic rings. The molecule has 0 aliphatic carbocycles. The van der Waals surface area contributed by atoms with Crippen LogP contribution in [0, 0.1) is 0 Å². The molecule has 1 saturated heterocycles. The van der Waals surface area contributed by atoms with Gasteiger partial charge in [-0.15, -0.1) is 0 Å². The molecule has 1 aromatic heterocycles. The van der Waals surface area contributed by atoms with E-state index in [9.17, 15) is 0 Å². The van der Waals surface area contributed by atoms with Crippen molar-refractivity contribution in [1.29, 1.82) is 0 Å². The van der Waals surface area contributed by atoms with Gasteiger partial charge < -0.3 is 13.1 Å². The average Bonchev–Trinajstić information content (AvgIpc) is 3.23. The summed E-state index contributed by atoms with van der Waals surface area (Å²) >= 11 is 0. The summed E-state index contributed by atoms with van der Waals surface area (Å²) in [6.07, 6.45) is 2.04. The second-order valence-electron chi connectivity index (χ2n) is 10.8. The molecule has 4 heteroatoms. The molecule has 0 spiro atoms. The lowest BCUT2D eigenvalue weighted by Crippen LogP contribution is -2.10. The fourth-order valence-corrected chi connectivity index (χ4v) is 7.94. The summed E-state index contributed by atoms with van der Waals surface area (Å²) in [5.74, 6) is 0. The van der Waals surface area contributed by atoms with Crippen molar-refractivity contribution in [2.24, 2.45) is 0 Å². The molecule has 1 unspecified atom stereocenters. The van der Waals surface area contributed by atoms with Gasteiger partial charge in [0, 0.05) is 28.5 Å². The van der Waals surface area contributed by atoms with Crippen molar-refractivity contribution in [2.45, 2.75) is 18.5 Å². The Morgan fingerprint density at radius 2 is 1.05 bits per heavy atom. The van der Waals surface area contributed by atoms with Crippen molar-refractivity contribution >= 4 is 51.5 Å². The first-order chi connectivity index (χ1) is 20.3. The minimum absolute atomic E-state index is 0.183. The average molecular weight is 553 g/mol. The largest absolute Gasteiger partial charge is 0.418 e. The van der Waals surface area contributed by atoms with Gasteiger partial charge in [-0.1, -0.05) is 109 Å². The van der Waals surface area contributed by atoms with Crippen molar-refractivity contribution in [3.05, 3.63) is 121 Å². The highest BCUT2D eigenvalue weighted by atomic mass is 31.1. The van der Waals surface area contributed by atoms with E-state index in [4.69, 9.17) is 13.1 Å². The van der Waals surface area contributed by atoms with E-state index in [0.29, 0.717) is 6.61 Å². The van der Waals surface area contributed by atoms with Gasteiger partial charge >= 0.3 is 0 Å². The van der Waals surface area contributed by atoms with Crippen LogP contribution in [0.5, 0.6) is 0 Å². The number of benzene rings is 6. The lowest BCUT2D eigenvalue weighted by Gasteiger charge is -2.19. The van der Waals surface area contributed by atoms with E-state index in [1.165, 1.54) is 21.5 Å². The highest BCUT2D eigenvalue weighted by molar-refractivity contribution is 7.37. The van der Waals surface area contributed by atoms with Gasteiger partial charge in [0.25, 0.3) is 0 Å². The molecule has 41 heavy (non-hydrogen) atoms. The number of ether oxygens (including phenoxy) is 1. The van der Waals surface area contributed by atoms with Gasteiger partial charge in [-0.2, -0.15) is 0 Å². The van der Waals surface area contributed by atoms with Crippen molar-refractivity contribution < 1.29 is 13.1 Å². The van der Waals surface area contributed by atoms with E-state index >= 15 is 0 Å². The minimum atomic E-state index is -1.34. The van der Waals surface area contributed by atoms with Crippen LogP contribution in [0.3, 0.4) is 0 Å². The predicted octanol–water partition coefficient (Wildman–Crippen LogP) is 11.3. The Morgan fingerprint density at radius 1 is 0.561 bits per heavy atom. The second-order valence-corrected chi connectivity index (χ2v) is 12.4. The summed E-state index contributed by atoms with van der Waals surface area (Å²) in [6.45, 7) is 1.45. The molecule has 0 N–H and O–H groups in total. The summed E-state index contributed by atoms with van der Waals surface area (Å²) in [4.78, 5) is 0. The van der Waals surface area contributed by atoms with Gasteiger partial charge in [-0.05, 0) is 57.6 Å². The predicted molar refractivity (Wildman–Crippen MR) is 171 cm³/mol. The molecule has 3 nitrogen and oxygen atoms in total. The van der Waals surface area contributed by atoms with Gasteiger partial charge in [-0.25, -0.2) is 0 Å². The van der Waals surface area contributed by atoms with Crippen LogP contribution in [-0.2, 0) is 4.74 Å². The van der Waals surface area contributed by atoms with Crippen LogP contribution in [0.1, 0.15) is 18.5 Å². The summed E-state index contributed by atoms with van der Waals surface area (Å²) in [6, 6.07) is 43.1. The van der Waals surface area contributed by atoms with Crippen LogP contribution in [-0.4, -0.2) is 13.2 Å². The van der Waals surface area contributed by atoms with Crippen LogP contribution in [0.2, 0.25) is 0 Å². The first kappa shape index (κ1) is 24.5. The van der Waals surface area contributed by atoms with E-state index < -0.39 is 8.01 Å². The monoisotopic (exact) mass is 552 g/mol. The molecule has 0 bridgehead atoms. The topological polar surface area (TPSA) is 35.5 Å². The Labute approximate surface area is 239 Å². The van der Waals surface area contributed by atoms with Gasteiger partial charge in [0.2, 0.25) is 8.01 Å². The Balaban J connectivity index is 1.67. The normalized spacial score (nSPS) is 15.6. The highest BCUT2D eigenvalue weighted by Gasteiger charge is 2.25. The third-order valence-corrected chi connectivity index (χ3v) is 9.95. The Hall–Kier alpha value is -4.30. The van der Waals surface area contributed by atoms with Gasteiger partial charge in [0.1, 0.15) is 0 Å². The summed E-state index contributed by atoms with van der Waals surface area (Å²) in [5, 5.41) is 6.90. The minimum Gasteiger partial charge on any atom is -0.418 e. The molecular formula is C37H29O3P. The van der Waals surface area contributed by atoms with E-state index in [1.807, 2.05) is 0 Å². The third-order valence-electron chi connectivity index (χ3n) is 8.22. The Morgan fingerprint density at radius 3 is 1.54 bits per heavy atom. The fourth-order valence-electron chi connectivity index (χ4n) is 6.25. The Bertz CT molecular complexity index is 1930. The lowest BCUT2D eigenvalue weighted by atomic mass is 9.91. The quantitative estimate of drug-likeness (QED) is 0.219. The van der Waals surface area contributed by atoms with Crippen LogP contribution >= 0.6 is 8.01 Å². The first-order valence-electron chi connectivity index (χ1n) is 14.3. The maximum absolute atomic E-state index is 7.17. The lowest BCUT2D eigenvalue weighted by molar-refractivity contribution is 0.0901. The van der Waals surface area contributed by atoms with Gasteiger partial charge in [0.05, 0.1) is 12.3 Å². The first-order valence-corrected chi connectivity index (χ1v) is 15.6. The number of fused-ring (bicyclic) bond motifs is 7. The molecule has 0 amide bonds. The molecule has 1 aliphatic rings. The van der Waals surface area contributed by atoms with Crippen molar-refractivity contribution in [2.75, 3.05) is 13.2 Å². The Kier molecular flexibility index (Phi) is 6.13. The number of hydrogen-bond acceptors (Lipinski definition) is 3. The van der Waals surface area contributed by atoms with E-state index in [-0.39, 0.29) is 5.66 Å². The number of hydrogen-bond donors (Lipinski definition) is 0. The zero-order valence-corrected chi connectivity index (χ0v) is 23.5. The van der Waals surface area contributed by atoms with E-state index in [0.717, 1.165) is 63.6 Å². The standard InChI is InChI=1S/C37H29O3P/c1-3-12-25(13-4-1)32-22-27-16-7-9-19-30(27)34-35-31-20-10-8-17-28(31)23-33(26-14-5-2-6-15-26)37(35)40-41(39-36(32)34)29-18-11-21-38-24-29/h1-10,12-17,19-20,22-23,29H,11,18,21,24H2. The molecule has 8 rings (SSSR count). The summed E-state index contributed by atoms with van der Waals surface area (Å²) in [7, 11) is -1.34. The van der Waals surface area contributed by atoms with E-state index in [1.54, 1.807) is 0 Å². The molecule has 6 aromatic carbocycles. The zero-order chi connectivity index (χ0) is 27.2. The molecule has 2 heterocycles. The summed E-state index contributed by atoms with van der Waals surface area (Å²) in [5.41, 5.74) is 6.44. The molecule has 1 aliphatic heterocycles. The second kappa shape index (κ2) is 10.3. The molecular weight excluding hydrogens is 523 g/mol. The van der Waals surface area contributed by atoms with Crippen molar-refractivity contribution in [3.63, 3.8) is 0 Å². The molecule has 0 radical (unpaired) electrons. The maximum Gasteiger partial charge on any atom is 0.222 e. The van der Waals surface area contributed by atoms with Crippen LogP contribution in [0.25, 0.3) is 65.7 Å². The zero-order valence-electron chi connectivity index (χ0n) is 22.6. The van der Waals surface area contributed by atoms with Gasteiger partial charge in [-0.3, -0.25) is 0 Å². The third kappa shape index (κ3) is 4.25. The smallest absolute Gasteiger partial charge is 0.222 e. The molecule has 1 fully saturated rings. The van der Waals surface area contributed by atoms with Crippen LogP contribution in [0.4, 0.5) is 0 Å². The summed E-state index contributed by atoms with van der Waals surface area (Å²) < 4.78 is 20.3.